The van der Waals surface area contributed by atoms with Crippen LogP contribution < -0.4 is 10.1 Å². The molecular formula is C16H20FNO2. The number of ether oxygens (including phenoxy) is 1. The van der Waals surface area contributed by atoms with Crippen molar-refractivity contribution in [2.75, 3.05) is 6.54 Å². The average molecular weight is 277 g/mol. The molecule has 0 aliphatic rings. The first kappa shape index (κ1) is 14.6. The van der Waals surface area contributed by atoms with Gasteiger partial charge >= 0.3 is 0 Å². The van der Waals surface area contributed by atoms with Gasteiger partial charge in [0.2, 0.25) is 0 Å². The minimum atomic E-state index is -0.304. The van der Waals surface area contributed by atoms with Crippen LogP contribution in [0.4, 0.5) is 4.39 Å². The minimum absolute atomic E-state index is 0.277. The SMILES string of the molecule is CCCNCc1occc1COc1cccc(C)c1F. The van der Waals surface area contributed by atoms with Gasteiger partial charge in [0.05, 0.1) is 12.8 Å². The topological polar surface area (TPSA) is 34.4 Å². The van der Waals surface area contributed by atoms with E-state index in [2.05, 4.69) is 12.2 Å². The molecule has 0 spiro atoms. The van der Waals surface area contributed by atoms with Gasteiger partial charge in [0.25, 0.3) is 0 Å². The highest BCUT2D eigenvalue weighted by atomic mass is 19.1. The number of hydrogen-bond acceptors (Lipinski definition) is 3. The first-order chi connectivity index (χ1) is 9.72. The Bertz CT molecular complexity index is 551. The fraction of sp³-hybridized carbons (Fsp3) is 0.375. The molecule has 2 rings (SSSR count). The predicted molar refractivity (Wildman–Crippen MR) is 76.2 cm³/mol. The molecule has 1 aromatic heterocycles. The smallest absolute Gasteiger partial charge is 0.167 e. The van der Waals surface area contributed by atoms with Crippen LogP contribution in [0.5, 0.6) is 5.75 Å². The third kappa shape index (κ3) is 3.61. The average Bonchev–Trinajstić information content (AvgIpc) is 2.88. The molecule has 3 nitrogen and oxygen atoms in total. The van der Waals surface area contributed by atoms with Crippen molar-refractivity contribution in [1.29, 1.82) is 0 Å². The van der Waals surface area contributed by atoms with Gasteiger partial charge in [-0.25, -0.2) is 4.39 Å². The molecule has 2 aromatic rings. The zero-order valence-corrected chi connectivity index (χ0v) is 11.9. The van der Waals surface area contributed by atoms with Crippen LogP contribution in [0.3, 0.4) is 0 Å². The van der Waals surface area contributed by atoms with E-state index >= 15 is 0 Å². The van der Waals surface area contributed by atoms with Gasteiger partial charge in [-0.15, -0.1) is 0 Å². The number of furan rings is 1. The summed E-state index contributed by atoms with van der Waals surface area (Å²) in [5.74, 6) is 0.812. The zero-order chi connectivity index (χ0) is 14.4. The Morgan fingerprint density at radius 2 is 2.15 bits per heavy atom. The van der Waals surface area contributed by atoms with Crippen molar-refractivity contribution in [3.63, 3.8) is 0 Å². The van der Waals surface area contributed by atoms with Gasteiger partial charge in [0, 0.05) is 5.56 Å². The van der Waals surface area contributed by atoms with Crippen molar-refractivity contribution < 1.29 is 13.5 Å². The molecule has 20 heavy (non-hydrogen) atoms. The van der Waals surface area contributed by atoms with E-state index in [1.165, 1.54) is 0 Å². The Morgan fingerprint density at radius 3 is 2.95 bits per heavy atom. The maximum Gasteiger partial charge on any atom is 0.167 e. The molecule has 108 valence electrons. The van der Waals surface area contributed by atoms with E-state index in [9.17, 15) is 4.39 Å². The second-order valence-corrected chi connectivity index (χ2v) is 4.72. The molecule has 0 bridgehead atoms. The van der Waals surface area contributed by atoms with E-state index < -0.39 is 0 Å². The summed E-state index contributed by atoms with van der Waals surface area (Å²) in [5, 5.41) is 3.27. The van der Waals surface area contributed by atoms with Gasteiger partial charge in [-0.3, -0.25) is 0 Å². The molecule has 0 radical (unpaired) electrons. The molecule has 0 aliphatic carbocycles. The van der Waals surface area contributed by atoms with E-state index in [0.717, 1.165) is 24.3 Å². The van der Waals surface area contributed by atoms with E-state index in [0.29, 0.717) is 18.7 Å². The lowest BCUT2D eigenvalue weighted by Crippen LogP contribution is -2.14. The summed E-state index contributed by atoms with van der Waals surface area (Å²) in [5.41, 5.74) is 1.52. The molecule has 0 aliphatic heterocycles. The summed E-state index contributed by atoms with van der Waals surface area (Å²) in [6.07, 6.45) is 2.70. The lowest BCUT2D eigenvalue weighted by atomic mass is 10.2. The summed E-state index contributed by atoms with van der Waals surface area (Å²) < 4.78 is 24.8. The summed E-state index contributed by atoms with van der Waals surface area (Å²) in [6.45, 7) is 5.74. The zero-order valence-electron chi connectivity index (χ0n) is 11.9. The van der Waals surface area contributed by atoms with E-state index in [4.69, 9.17) is 9.15 Å². The van der Waals surface area contributed by atoms with Gasteiger partial charge in [0.1, 0.15) is 12.4 Å². The van der Waals surface area contributed by atoms with Crippen molar-refractivity contribution in [3.8, 4) is 5.75 Å². The Labute approximate surface area is 118 Å². The Balaban J connectivity index is 1.97. The van der Waals surface area contributed by atoms with Gasteiger partial charge in [-0.1, -0.05) is 19.1 Å². The number of hydrogen-bond donors (Lipinski definition) is 1. The number of nitrogens with one attached hydrogen (secondary N) is 1. The fourth-order valence-corrected chi connectivity index (χ4v) is 1.92. The maximum atomic E-state index is 13.8. The molecule has 0 fully saturated rings. The highest BCUT2D eigenvalue weighted by Gasteiger charge is 2.09. The van der Waals surface area contributed by atoms with Crippen molar-refractivity contribution in [2.45, 2.75) is 33.4 Å². The second kappa shape index (κ2) is 7.10. The quantitative estimate of drug-likeness (QED) is 0.782. The molecule has 0 unspecified atom stereocenters. The van der Waals surface area contributed by atoms with Crippen LogP contribution in [0, 0.1) is 12.7 Å². The van der Waals surface area contributed by atoms with Crippen molar-refractivity contribution >= 4 is 0 Å². The van der Waals surface area contributed by atoms with Crippen LogP contribution in [0.2, 0.25) is 0 Å². The molecule has 0 saturated heterocycles. The van der Waals surface area contributed by atoms with Crippen LogP contribution in [-0.4, -0.2) is 6.54 Å². The van der Waals surface area contributed by atoms with Gasteiger partial charge < -0.3 is 14.5 Å². The minimum Gasteiger partial charge on any atom is -0.486 e. The lowest BCUT2D eigenvalue weighted by Gasteiger charge is -2.09. The summed E-state index contributed by atoms with van der Waals surface area (Å²) in [7, 11) is 0. The van der Waals surface area contributed by atoms with Gasteiger partial charge in [0.15, 0.2) is 11.6 Å². The first-order valence-corrected chi connectivity index (χ1v) is 6.86. The number of halogens is 1. The normalized spacial score (nSPS) is 10.8. The van der Waals surface area contributed by atoms with Crippen molar-refractivity contribution in [3.05, 3.63) is 53.2 Å². The van der Waals surface area contributed by atoms with Crippen LogP contribution in [0.25, 0.3) is 0 Å². The highest BCUT2D eigenvalue weighted by Crippen LogP contribution is 2.21. The summed E-state index contributed by atoms with van der Waals surface area (Å²) in [6, 6.07) is 7.00. The molecule has 1 heterocycles. The highest BCUT2D eigenvalue weighted by molar-refractivity contribution is 5.30. The summed E-state index contributed by atoms with van der Waals surface area (Å²) >= 11 is 0. The molecule has 0 amide bonds. The lowest BCUT2D eigenvalue weighted by molar-refractivity contribution is 0.285. The Hall–Kier alpha value is -1.81. The van der Waals surface area contributed by atoms with Crippen LogP contribution >= 0.6 is 0 Å². The largest absolute Gasteiger partial charge is 0.486 e. The van der Waals surface area contributed by atoms with Gasteiger partial charge in [-0.05, 0) is 37.6 Å². The first-order valence-electron chi connectivity index (χ1n) is 6.86. The molecule has 1 aromatic carbocycles. The van der Waals surface area contributed by atoms with E-state index in [1.807, 2.05) is 6.07 Å². The van der Waals surface area contributed by atoms with Crippen molar-refractivity contribution in [1.82, 2.24) is 5.32 Å². The third-order valence-corrected chi connectivity index (χ3v) is 3.09. The van der Waals surface area contributed by atoms with Crippen LogP contribution in [0.1, 0.15) is 30.2 Å². The molecule has 0 atom stereocenters. The van der Waals surface area contributed by atoms with E-state index in [1.54, 1.807) is 31.4 Å². The molecule has 0 saturated carbocycles. The predicted octanol–water partition coefficient (Wildman–Crippen LogP) is 3.81. The van der Waals surface area contributed by atoms with Gasteiger partial charge in [-0.2, -0.15) is 0 Å². The molecule has 1 N–H and O–H groups in total. The number of benzene rings is 1. The standard InChI is InChI=1S/C16H20FNO2/c1-3-8-18-10-15-13(7-9-19-15)11-20-14-6-4-5-12(2)16(14)17/h4-7,9,18H,3,8,10-11H2,1-2H3. The second-order valence-electron chi connectivity index (χ2n) is 4.72. The third-order valence-electron chi connectivity index (χ3n) is 3.09. The van der Waals surface area contributed by atoms with E-state index in [-0.39, 0.29) is 11.6 Å². The molecule has 4 heteroatoms. The Kier molecular flexibility index (Phi) is 5.18. The maximum absolute atomic E-state index is 13.8. The number of aryl methyl sites for hydroxylation is 1. The van der Waals surface area contributed by atoms with Crippen LogP contribution in [0.15, 0.2) is 34.9 Å². The number of rotatable bonds is 7. The summed E-state index contributed by atoms with van der Waals surface area (Å²) in [4.78, 5) is 0. The monoisotopic (exact) mass is 277 g/mol. The molecular weight excluding hydrogens is 257 g/mol. The Morgan fingerprint density at radius 1 is 1.30 bits per heavy atom. The van der Waals surface area contributed by atoms with Crippen molar-refractivity contribution in [2.24, 2.45) is 0 Å². The fourth-order valence-electron chi connectivity index (χ4n) is 1.92. The van der Waals surface area contributed by atoms with Crippen LogP contribution in [-0.2, 0) is 13.2 Å².